The molecule has 0 atom stereocenters. The van der Waals surface area contributed by atoms with E-state index in [2.05, 4.69) is 10.3 Å². The lowest BCUT2D eigenvalue weighted by Crippen LogP contribution is -2.27. The Balaban J connectivity index is 2.74. The zero-order valence-electron chi connectivity index (χ0n) is 9.95. The van der Waals surface area contributed by atoms with Crippen LogP contribution in [-0.2, 0) is 11.3 Å². The summed E-state index contributed by atoms with van der Waals surface area (Å²) in [5.74, 6) is -0.775. The molecule has 17 heavy (non-hydrogen) atoms. The molecule has 0 radical (unpaired) electrons. The van der Waals surface area contributed by atoms with Crippen LogP contribution in [0.5, 0.6) is 0 Å². The Hall–Kier alpha value is -1.69. The van der Waals surface area contributed by atoms with Crippen molar-refractivity contribution in [3.05, 3.63) is 23.8 Å². The molecule has 1 amide bonds. The number of hydrogen-bond donors (Lipinski definition) is 2. The molecule has 6 heteroatoms. The first-order valence-corrected chi connectivity index (χ1v) is 5.07. The van der Waals surface area contributed by atoms with Crippen LogP contribution in [0.15, 0.2) is 12.1 Å². The molecule has 0 saturated heterocycles. The van der Waals surface area contributed by atoms with Crippen molar-refractivity contribution in [2.45, 2.75) is 33.0 Å². The monoisotopic (exact) mass is 242 g/mol. The van der Waals surface area contributed by atoms with Crippen molar-refractivity contribution >= 4 is 11.8 Å². The summed E-state index contributed by atoms with van der Waals surface area (Å²) in [6.45, 7) is 4.76. The molecular formula is C11H15FN2O3. The Kier molecular flexibility index (Phi) is 4.01. The van der Waals surface area contributed by atoms with Crippen LogP contribution in [0.25, 0.3) is 0 Å². The zero-order valence-corrected chi connectivity index (χ0v) is 9.95. The highest BCUT2D eigenvalue weighted by atomic mass is 19.1. The number of aliphatic hydroxyl groups excluding tert-OH is 1. The van der Waals surface area contributed by atoms with Crippen LogP contribution in [0.1, 0.15) is 26.5 Å². The third kappa shape index (κ3) is 4.78. The maximum absolute atomic E-state index is 13.0. The second-order valence-electron chi connectivity index (χ2n) is 4.45. The molecule has 5 nitrogen and oxygen atoms in total. The van der Waals surface area contributed by atoms with E-state index < -0.39 is 24.2 Å². The lowest BCUT2D eigenvalue weighted by molar-refractivity contribution is 0.0636. The molecule has 0 spiro atoms. The first kappa shape index (κ1) is 13.4. The number of carbonyl (C=O) groups is 1. The molecule has 1 rings (SSSR count). The summed E-state index contributed by atoms with van der Waals surface area (Å²) >= 11 is 0. The minimum Gasteiger partial charge on any atom is -0.444 e. The molecule has 1 aromatic heterocycles. The highest BCUT2D eigenvalue weighted by molar-refractivity contribution is 5.84. The summed E-state index contributed by atoms with van der Waals surface area (Å²) in [7, 11) is 0. The first-order chi connectivity index (χ1) is 7.80. The second-order valence-corrected chi connectivity index (χ2v) is 4.45. The Morgan fingerprint density at radius 2 is 2.18 bits per heavy atom. The van der Waals surface area contributed by atoms with Crippen molar-refractivity contribution in [2.24, 2.45) is 0 Å². The number of amides is 1. The van der Waals surface area contributed by atoms with Gasteiger partial charge in [0, 0.05) is 6.07 Å². The van der Waals surface area contributed by atoms with Gasteiger partial charge in [-0.25, -0.2) is 9.78 Å². The Bertz CT molecular complexity index is 416. The van der Waals surface area contributed by atoms with Gasteiger partial charge in [0.15, 0.2) is 0 Å². The fraction of sp³-hybridized carbons (Fsp3) is 0.455. The van der Waals surface area contributed by atoms with Gasteiger partial charge in [-0.15, -0.1) is 0 Å². The molecule has 1 heterocycles. The quantitative estimate of drug-likeness (QED) is 0.779. The number of nitrogens with one attached hydrogen (secondary N) is 1. The van der Waals surface area contributed by atoms with E-state index in [9.17, 15) is 9.18 Å². The molecular weight excluding hydrogens is 227 g/mol. The summed E-state index contributed by atoms with van der Waals surface area (Å²) in [4.78, 5) is 14.8. The van der Waals surface area contributed by atoms with Crippen LogP contribution in [0, 0.1) is 5.95 Å². The Morgan fingerprint density at radius 3 is 2.71 bits per heavy atom. The molecule has 1 aromatic rings. The number of aliphatic hydroxyl groups is 1. The fourth-order valence-electron chi connectivity index (χ4n) is 1.13. The van der Waals surface area contributed by atoms with Crippen LogP contribution in [0.2, 0.25) is 0 Å². The normalized spacial score (nSPS) is 11.1. The average molecular weight is 242 g/mol. The summed E-state index contributed by atoms with van der Waals surface area (Å²) in [5, 5.41) is 11.2. The molecule has 0 aliphatic heterocycles. The molecule has 0 saturated carbocycles. The summed E-state index contributed by atoms with van der Waals surface area (Å²) in [6.07, 6.45) is -0.688. The SMILES string of the molecule is CC(C)(C)OC(=O)Nc1cc(F)nc(CO)c1. The van der Waals surface area contributed by atoms with Crippen molar-refractivity contribution in [3.8, 4) is 0 Å². The van der Waals surface area contributed by atoms with Crippen molar-refractivity contribution in [1.29, 1.82) is 0 Å². The molecule has 0 aromatic carbocycles. The van der Waals surface area contributed by atoms with Gasteiger partial charge in [0.1, 0.15) is 5.60 Å². The number of halogens is 1. The van der Waals surface area contributed by atoms with E-state index in [-0.39, 0.29) is 11.4 Å². The number of aromatic nitrogens is 1. The van der Waals surface area contributed by atoms with Gasteiger partial charge in [0.25, 0.3) is 0 Å². The van der Waals surface area contributed by atoms with E-state index in [1.165, 1.54) is 6.07 Å². The number of rotatable bonds is 2. The Labute approximate surface area is 98.6 Å². The van der Waals surface area contributed by atoms with Crippen molar-refractivity contribution in [3.63, 3.8) is 0 Å². The number of pyridine rings is 1. The first-order valence-electron chi connectivity index (χ1n) is 5.07. The van der Waals surface area contributed by atoms with E-state index in [4.69, 9.17) is 9.84 Å². The summed E-state index contributed by atoms with van der Waals surface area (Å²) < 4.78 is 18.0. The minimum atomic E-state index is -0.775. The molecule has 0 fully saturated rings. The molecule has 0 unspecified atom stereocenters. The average Bonchev–Trinajstić information content (AvgIpc) is 2.13. The van der Waals surface area contributed by atoms with Gasteiger partial charge in [0.05, 0.1) is 18.0 Å². The summed E-state index contributed by atoms with van der Waals surface area (Å²) in [6, 6.07) is 2.41. The van der Waals surface area contributed by atoms with Crippen molar-refractivity contribution < 1.29 is 19.0 Å². The van der Waals surface area contributed by atoms with Gasteiger partial charge < -0.3 is 9.84 Å². The standard InChI is InChI=1S/C11H15FN2O3/c1-11(2,3)17-10(16)14-7-4-8(6-15)13-9(12)5-7/h4-5,15H,6H2,1-3H3,(H,13,14,16). The van der Waals surface area contributed by atoms with Crippen LogP contribution in [0.3, 0.4) is 0 Å². The number of anilines is 1. The highest BCUT2D eigenvalue weighted by Gasteiger charge is 2.16. The minimum absolute atomic E-state index is 0.135. The van der Waals surface area contributed by atoms with Crippen LogP contribution < -0.4 is 5.32 Å². The van der Waals surface area contributed by atoms with Gasteiger partial charge in [-0.05, 0) is 26.8 Å². The third-order valence-corrected chi connectivity index (χ3v) is 1.65. The summed E-state index contributed by atoms with van der Waals surface area (Å²) in [5.41, 5.74) is -0.304. The molecule has 0 aliphatic carbocycles. The highest BCUT2D eigenvalue weighted by Crippen LogP contribution is 2.13. The maximum Gasteiger partial charge on any atom is 0.412 e. The number of carbonyl (C=O) groups excluding carboxylic acids is 1. The van der Waals surface area contributed by atoms with E-state index in [0.717, 1.165) is 6.07 Å². The molecule has 94 valence electrons. The Morgan fingerprint density at radius 1 is 1.53 bits per heavy atom. The van der Waals surface area contributed by atoms with Gasteiger partial charge in [-0.1, -0.05) is 0 Å². The second kappa shape index (κ2) is 5.09. The molecule has 0 bridgehead atoms. The van der Waals surface area contributed by atoms with Gasteiger partial charge in [-0.2, -0.15) is 4.39 Å². The predicted molar refractivity (Wildman–Crippen MR) is 60.0 cm³/mol. The van der Waals surface area contributed by atoms with Crippen LogP contribution >= 0.6 is 0 Å². The van der Waals surface area contributed by atoms with E-state index in [0.29, 0.717) is 0 Å². The number of hydrogen-bond acceptors (Lipinski definition) is 4. The van der Waals surface area contributed by atoms with E-state index in [1.807, 2.05) is 0 Å². The number of ether oxygens (including phenoxy) is 1. The smallest absolute Gasteiger partial charge is 0.412 e. The maximum atomic E-state index is 13.0. The fourth-order valence-corrected chi connectivity index (χ4v) is 1.13. The lowest BCUT2D eigenvalue weighted by atomic mass is 10.2. The predicted octanol–water partition coefficient (Wildman–Crippen LogP) is 2.06. The molecule has 0 aliphatic rings. The van der Waals surface area contributed by atoms with Crippen molar-refractivity contribution in [2.75, 3.05) is 5.32 Å². The lowest BCUT2D eigenvalue weighted by Gasteiger charge is -2.19. The third-order valence-electron chi connectivity index (χ3n) is 1.65. The van der Waals surface area contributed by atoms with Crippen LogP contribution in [0.4, 0.5) is 14.9 Å². The number of nitrogens with zero attached hydrogens (tertiary/aromatic N) is 1. The van der Waals surface area contributed by atoms with Crippen LogP contribution in [-0.4, -0.2) is 21.8 Å². The van der Waals surface area contributed by atoms with Gasteiger partial charge >= 0.3 is 6.09 Å². The van der Waals surface area contributed by atoms with E-state index >= 15 is 0 Å². The van der Waals surface area contributed by atoms with E-state index in [1.54, 1.807) is 20.8 Å². The van der Waals surface area contributed by atoms with Crippen molar-refractivity contribution in [1.82, 2.24) is 4.98 Å². The zero-order chi connectivity index (χ0) is 13.1. The topological polar surface area (TPSA) is 71.5 Å². The molecule has 2 N–H and O–H groups in total. The van der Waals surface area contributed by atoms with Gasteiger partial charge in [-0.3, -0.25) is 5.32 Å². The van der Waals surface area contributed by atoms with Gasteiger partial charge in [0.2, 0.25) is 5.95 Å². The largest absolute Gasteiger partial charge is 0.444 e.